The molecule has 3 aromatic rings. The van der Waals surface area contributed by atoms with Gasteiger partial charge in [-0.1, -0.05) is 44.2 Å². The SMILES string of the molecule is CCCCCC[C@H](Nc1ccc(C(=O)NCCC(=O)O)cc1)c1cc2cc(Cl)ccc2n1C. The zero-order valence-electron chi connectivity index (χ0n) is 19.2. The van der Waals surface area contributed by atoms with Gasteiger partial charge >= 0.3 is 5.97 Å². The van der Waals surface area contributed by atoms with Crippen LogP contribution in [0.3, 0.4) is 0 Å². The quantitative estimate of drug-likeness (QED) is 0.277. The molecule has 0 bridgehead atoms. The molecule has 176 valence electrons. The Bertz CT molecular complexity index is 1090. The number of hydrogen-bond acceptors (Lipinski definition) is 3. The first-order valence-electron chi connectivity index (χ1n) is 11.5. The lowest BCUT2D eigenvalue weighted by Gasteiger charge is -2.21. The van der Waals surface area contributed by atoms with Crippen molar-refractivity contribution in [2.45, 2.75) is 51.5 Å². The highest BCUT2D eigenvalue weighted by Crippen LogP contribution is 2.31. The number of carboxylic acid groups (broad SMARTS) is 1. The average molecular weight is 470 g/mol. The first-order chi connectivity index (χ1) is 15.9. The van der Waals surface area contributed by atoms with Crippen molar-refractivity contribution in [2.24, 2.45) is 7.05 Å². The predicted molar refractivity (Wildman–Crippen MR) is 134 cm³/mol. The van der Waals surface area contributed by atoms with E-state index in [9.17, 15) is 9.59 Å². The molecular weight excluding hydrogens is 438 g/mol. The molecule has 33 heavy (non-hydrogen) atoms. The monoisotopic (exact) mass is 469 g/mol. The van der Waals surface area contributed by atoms with E-state index in [1.165, 1.54) is 25.0 Å². The summed E-state index contributed by atoms with van der Waals surface area (Å²) in [6.45, 7) is 2.32. The number of unbranched alkanes of at least 4 members (excludes halogenated alkanes) is 3. The number of hydrogen-bond donors (Lipinski definition) is 3. The van der Waals surface area contributed by atoms with E-state index < -0.39 is 5.97 Å². The van der Waals surface area contributed by atoms with Crippen LogP contribution in [0.4, 0.5) is 5.69 Å². The van der Waals surface area contributed by atoms with E-state index >= 15 is 0 Å². The fourth-order valence-corrected chi connectivity index (χ4v) is 4.23. The number of rotatable bonds is 12. The number of nitrogens with one attached hydrogen (secondary N) is 2. The highest BCUT2D eigenvalue weighted by Gasteiger charge is 2.17. The summed E-state index contributed by atoms with van der Waals surface area (Å²) in [6.07, 6.45) is 5.64. The zero-order valence-corrected chi connectivity index (χ0v) is 20.0. The molecule has 0 aliphatic carbocycles. The summed E-state index contributed by atoms with van der Waals surface area (Å²) in [4.78, 5) is 22.8. The Balaban J connectivity index is 1.76. The molecule has 0 spiro atoms. The Morgan fingerprint density at radius 3 is 2.52 bits per heavy atom. The molecular formula is C26H32ClN3O3. The van der Waals surface area contributed by atoms with Gasteiger partial charge in [0.1, 0.15) is 0 Å². The van der Waals surface area contributed by atoms with Crippen molar-refractivity contribution in [3.05, 3.63) is 64.8 Å². The number of halogens is 1. The Kier molecular flexibility index (Phi) is 8.78. The second kappa shape index (κ2) is 11.8. The lowest BCUT2D eigenvalue weighted by molar-refractivity contribution is -0.136. The average Bonchev–Trinajstić information content (AvgIpc) is 3.11. The Labute approximate surface area is 199 Å². The van der Waals surface area contributed by atoms with E-state index in [0.717, 1.165) is 34.5 Å². The fraction of sp³-hybridized carbons (Fsp3) is 0.385. The van der Waals surface area contributed by atoms with Gasteiger partial charge in [0.2, 0.25) is 0 Å². The third-order valence-electron chi connectivity index (χ3n) is 5.86. The minimum Gasteiger partial charge on any atom is -0.481 e. The van der Waals surface area contributed by atoms with Gasteiger partial charge in [-0.3, -0.25) is 9.59 Å². The van der Waals surface area contributed by atoms with E-state index in [1.54, 1.807) is 12.1 Å². The summed E-state index contributed by atoms with van der Waals surface area (Å²) in [7, 11) is 2.08. The number of aliphatic carboxylic acids is 1. The summed E-state index contributed by atoms with van der Waals surface area (Å²) < 4.78 is 2.22. The molecule has 0 saturated heterocycles. The molecule has 7 heteroatoms. The number of amides is 1. The van der Waals surface area contributed by atoms with Crippen molar-refractivity contribution in [2.75, 3.05) is 11.9 Å². The maximum Gasteiger partial charge on any atom is 0.305 e. The van der Waals surface area contributed by atoms with E-state index in [1.807, 2.05) is 30.3 Å². The number of aromatic nitrogens is 1. The maximum absolute atomic E-state index is 12.2. The van der Waals surface area contributed by atoms with Gasteiger partial charge in [-0.05, 0) is 55.0 Å². The topological polar surface area (TPSA) is 83.4 Å². The van der Waals surface area contributed by atoms with Crippen LogP contribution in [0, 0.1) is 0 Å². The highest BCUT2D eigenvalue weighted by atomic mass is 35.5. The number of fused-ring (bicyclic) bond motifs is 1. The lowest BCUT2D eigenvalue weighted by atomic mass is 10.0. The molecule has 0 aliphatic rings. The van der Waals surface area contributed by atoms with Crippen molar-refractivity contribution in [1.82, 2.24) is 9.88 Å². The lowest BCUT2D eigenvalue weighted by Crippen LogP contribution is -2.25. The van der Waals surface area contributed by atoms with Crippen LogP contribution in [0.25, 0.3) is 10.9 Å². The van der Waals surface area contributed by atoms with Crippen LogP contribution >= 0.6 is 11.6 Å². The number of nitrogens with zero attached hydrogens (tertiary/aromatic N) is 1. The van der Waals surface area contributed by atoms with Crippen LogP contribution in [0.1, 0.15) is 67.5 Å². The Morgan fingerprint density at radius 1 is 1.06 bits per heavy atom. The standard InChI is InChI=1S/C26H32ClN3O3/c1-3-4-5-6-7-22(24-17-19-16-20(27)10-13-23(19)30(24)2)29-21-11-8-18(9-12-21)26(33)28-15-14-25(31)32/h8-13,16-17,22,29H,3-7,14-15H2,1-2H3,(H,28,33)(H,31,32)/t22-/m0/s1. The van der Waals surface area contributed by atoms with Crippen LogP contribution in [0.5, 0.6) is 0 Å². The molecule has 1 atom stereocenters. The van der Waals surface area contributed by atoms with Gasteiger partial charge in [0.15, 0.2) is 0 Å². The number of carbonyl (C=O) groups excluding carboxylic acids is 1. The zero-order chi connectivity index (χ0) is 23.8. The van der Waals surface area contributed by atoms with Crippen LogP contribution < -0.4 is 10.6 Å². The van der Waals surface area contributed by atoms with E-state index in [4.69, 9.17) is 16.7 Å². The van der Waals surface area contributed by atoms with Gasteiger partial charge < -0.3 is 20.3 Å². The fourth-order valence-electron chi connectivity index (χ4n) is 4.05. The van der Waals surface area contributed by atoms with Crippen LogP contribution in [0.2, 0.25) is 5.02 Å². The van der Waals surface area contributed by atoms with Crippen molar-refractivity contribution in [1.29, 1.82) is 0 Å². The molecule has 3 rings (SSSR count). The molecule has 0 radical (unpaired) electrons. The molecule has 3 N–H and O–H groups in total. The molecule has 1 heterocycles. The van der Waals surface area contributed by atoms with Gasteiger partial charge in [-0.25, -0.2) is 0 Å². The molecule has 2 aromatic carbocycles. The molecule has 0 aliphatic heterocycles. The minimum atomic E-state index is -0.935. The number of carboxylic acids is 1. The summed E-state index contributed by atoms with van der Waals surface area (Å²) in [5.41, 5.74) is 3.77. The largest absolute Gasteiger partial charge is 0.481 e. The maximum atomic E-state index is 12.2. The number of benzene rings is 2. The minimum absolute atomic E-state index is 0.0959. The second-order valence-corrected chi connectivity index (χ2v) is 8.79. The van der Waals surface area contributed by atoms with E-state index in [0.29, 0.717) is 5.56 Å². The van der Waals surface area contributed by atoms with Gasteiger partial charge in [0, 0.05) is 46.5 Å². The van der Waals surface area contributed by atoms with Crippen molar-refractivity contribution in [3.63, 3.8) is 0 Å². The van der Waals surface area contributed by atoms with Crippen LogP contribution in [-0.2, 0) is 11.8 Å². The third kappa shape index (κ3) is 6.75. The normalized spacial score (nSPS) is 12.0. The highest BCUT2D eigenvalue weighted by molar-refractivity contribution is 6.31. The molecule has 0 saturated carbocycles. The van der Waals surface area contributed by atoms with E-state index in [2.05, 4.69) is 35.2 Å². The van der Waals surface area contributed by atoms with Crippen molar-refractivity contribution < 1.29 is 14.7 Å². The summed E-state index contributed by atoms with van der Waals surface area (Å²) in [5.74, 6) is -1.21. The number of aryl methyl sites for hydroxylation is 1. The molecule has 6 nitrogen and oxygen atoms in total. The van der Waals surface area contributed by atoms with Crippen LogP contribution in [-0.4, -0.2) is 28.1 Å². The predicted octanol–water partition coefficient (Wildman–Crippen LogP) is 6.16. The van der Waals surface area contributed by atoms with Gasteiger partial charge in [0.05, 0.1) is 12.5 Å². The molecule has 1 amide bonds. The van der Waals surface area contributed by atoms with Gasteiger partial charge in [0.25, 0.3) is 5.91 Å². The molecule has 0 unspecified atom stereocenters. The summed E-state index contributed by atoms with van der Waals surface area (Å²) in [6, 6.07) is 15.6. The summed E-state index contributed by atoms with van der Waals surface area (Å²) in [5, 5.41) is 16.8. The Morgan fingerprint density at radius 2 is 1.82 bits per heavy atom. The van der Waals surface area contributed by atoms with E-state index in [-0.39, 0.29) is 24.9 Å². The van der Waals surface area contributed by atoms with Crippen molar-refractivity contribution in [3.8, 4) is 0 Å². The molecule has 0 fully saturated rings. The number of anilines is 1. The summed E-state index contributed by atoms with van der Waals surface area (Å²) >= 11 is 6.21. The van der Waals surface area contributed by atoms with Crippen molar-refractivity contribution >= 4 is 40.1 Å². The Hall–Kier alpha value is -2.99. The third-order valence-corrected chi connectivity index (χ3v) is 6.09. The number of carbonyl (C=O) groups is 2. The molecule has 1 aromatic heterocycles. The smallest absolute Gasteiger partial charge is 0.305 e. The first kappa shape index (κ1) is 24.6. The first-order valence-corrected chi connectivity index (χ1v) is 11.9. The van der Waals surface area contributed by atoms with Crippen LogP contribution in [0.15, 0.2) is 48.5 Å². The van der Waals surface area contributed by atoms with Gasteiger partial charge in [-0.2, -0.15) is 0 Å². The second-order valence-electron chi connectivity index (χ2n) is 8.35. The van der Waals surface area contributed by atoms with Gasteiger partial charge in [-0.15, -0.1) is 0 Å².